The van der Waals surface area contributed by atoms with Crippen LogP contribution in [-0.2, 0) is 6.54 Å². The number of aliphatic hydroxyl groups is 1. The largest absolute Gasteiger partial charge is 0.395 e. The quantitative estimate of drug-likeness (QED) is 0.810. The Labute approximate surface area is 108 Å². The summed E-state index contributed by atoms with van der Waals surface area (Å²) in [5.41, 5.74) is 1.35. The Morgan fingerprint density at radius 2 is 2.17 bits per heavy atom. The number of hydrogen-bond acceptors (Lipinski definition) is 2. The first kappa shape index (κ1) is 14.7. The highest BCUT2D eigenvalue weighted by Crippen LogP contribution is 2.12. The molecule has 0 saturated heterocycles. The minimum Gasteiger partial charge on any atom is -0.395 e. The molecule has 3 heteroatoms. The second-order valence-electron chi connectivity index (χ2n) is 4.32. The maximum Gasteiger partial charge on any atom is 0.128 e. The lowest BCUT2D eigenvalue weighted by molar-refractivity contribution is 0.305. The van der Waals surface area contributed by atoms with E-state index in [9.17, 15) is 4.39 Å². The molecule has 0 bridgehead atoms. The van der Waals surface area contributed by atoms with E-state index in [-0.39, 0.29) is 12.4 Å². The fourth-order valence-corrected chi connectivity index (χ4v) is 1.73. The van der Waals surface area contributed by atoms with Crippen LogP contribution in [0.5, 0.6) is 0 Å². The van der Waals surface area contributed by atoms with E-state index < -0.39 is 0 Å². The smallest absolute Gasteiger partial charge is 0.128 e. The molecule has 1 aromatic carbocycles. The van der Waals surface area contributed by atoms with Gasteiger partial charge in [-0.15, -0.1) is 0 Å². The van der Waals surface area contributed by atoms with E-state index in [2.05, 4.69) is 23.7 Å². The summed E-state index contributed by atoms with van der Waals surface area (Å²) in [6.07, 6.45) is 1.48. The van der Waals surface area contributed by atoms with Crippen molar-refractivity contribution in [1.82, 2.24) is 4.90 Å². The zero-order valence-electron chi connectivity index (χ0n) is 11.0. The van der Waals surface area contributed by atoms with Gasteiger partial charge < -0.3 is 10.0 Å². The molecule has 2 nitrogen and oxygen atoms in total. The fourth-order valence-electron chi connectivity index (χ4n) is 1.73. The highest BCUT2D eigenvalue weighted by Gasteiger charge is 2.05. The van der Waals surface area contributed by atoms with Gasteiger partial charge in [-0.1, -0.05) is 24.8 Å². The Morgan fingerprint density at radius 3 is 2.78 bits per heavy atom. The van der Waals surface area contributed by atoms with Crippen molar-refractivity contribution in [3.63, 3.8) is 0 Å². The summed E-state index contributed by atoms with van der Waals surface area (Å²) in [6.45, 7) is 3.71. The minimum absolute atomic E-state index is 0.0371. The van der Waals surface area contributed by atoms with E-state index in [0.29, 0.717) is 24.1 Å². The van der Waals surface area contributed by atoms with Gasteiger partial charge in [0, 0.05) is 24.1 Å². The molecule has 18 heavy (non-hydrogen) atoms. The van der Waals surface area contributed by atoms with Gasteiger partial charge in [0.2, 0.25) is 0 Å². The topological polar surface area (TPSA) is 23.5 Å². The third kappa shape index (κ3) is 4.87. The first-order chi connectivity index (χ1) is 8.67. The second-order valence-corrected chi connectivity index (χ2v) is 4.32. The minimum atomic E-state index is -0.214. The molecule has 1 rings (SSSR count). The molecule has 98 valence electrons. The van der Waals surface area contributed by atoms with E-state index in [1.165, 1.54) is 6.07 Å². The van der Waals surface area contributed by atoms with Crippen molar-refractivity contribution in [3.8, 4) is 11.8 Å². The van der Waals surface area contributed by atoms with Crippen LogP contribution < -0.4 is 0 Å². The third-order valence-corrected chi connectivity index (χ3v) is 2.57. The summed E-state index contributed by atoms with van der Waals surface area (Å²) >= 11 is 0. The van der Waals surface area contributed by atoms with Crippen LogP contribution in [-0.4, -0.2) is 30.2 Å². The summed E-state index contributed by atoms with van der Waals surface area (Å²) in [6, 6.07) is 5.06. The Hall–Kier alpha value is -1.37. The lowest BCUT2D eigenvalue weighted by Crippen LogP contribution is -2.19. The highest BCUT2D eigenvalue weighted by atomic mass is 19.1. The zero-order chi connectivity index (χ0) is 13.4. The van der Waals surface area contributed by atoms with Crippen molar-refractivity contribution >= 4 is 0 Å². The fraction of sp³-hybridized carbons (Fsp3) is 0.467. The Morgan fingerprint density at radius 1 is 1.39 bits per heavy atom. The number of aliphatic hydroxyl groups excluding tert-OH is 1. The van der Waals surface area contributed by atoms with Crippen molar-refractivity contribution in [2.24, 2.45) is 0 Å². The molecule has 0 heterocycles. The number of nitrogens with zero attached hydrogens (tertiary/aromatic N) is 1. The average molecular weight is 249 g/mol. The van der Waals surface area contributed by atoms with Crippen LogP contribution in [0.1, 0.15) is 30.9 Å². The normalized spacial score (nSPS) is 10.3. The van der Waals surface area contributed by atoms with Gasteiger partial charge in [0.05, 0.1) is 6.61 Å². The number of hydrogen-bond donors (Lipinski definition) is 1. The van der Waals surface area contributed by atoms with Gasteiger partial charge >= 0.3 is 0 Å². The number of benzene rings is 1. The third-order valence-electron chi connectivity index (χ3n) is 2.57. The van der Waals surface area contributed by atoms with Crippen LogP contribution in [0.3, 0.4) is 0 Å². The van der Waals surface area contributed by atoms with Crippen molar-refractivity contribution in [2.45, 2.75) is 26.3 Å². The average Bonchev–Trinajstić information content (AvgIpc) is 2.33. The molecular formula is C15H20FNO. The van der Waals surface area contributed by atoms with E-state index in [1.807, 2.05) is 13.1 Å². The van der Waals surface area contributed by atoms with Gasteiger partial charge in [-0.2, -0.15) is 0 Å². The maximum absolute atomic E-state index is 13.8. The van der Waals surface area contributed by atoms with E-state index in [1.54, 1.807) is 6.07 Å². The van der Waals surface area contributed by atoms with E-state index in [0.717, 1.165) is 13.0 Å². The van der Waals surface area contributed by atoms with Crippen LogP contribution in [0.4, 0.5) is 4.39 Å². The number of rotatable bonds is 5. The van der Waals surface area contributed by atoms with Crippen LogP contribution >= 0.6 is 0 Å². The first-order valence-electron chi connectivity index (χ1n) is 6.24. The monoisotopic (exact) mass is 249 g/mol. The summed E-state index contributed by atoms with van der Waals surface area (Å²) in [7, 11) is 1.98. The van der Waals surface area contributed by atoms with Gasteiger partial charge in [-0.05, 0) is 32.1 Å². The van der Waals surface area contributed by atoms with Gasteiger partial charge in [-0.25, -0.2) is 4.39 Å². The molecule has 0 aromatic heterocycles. The summed E-state index contributed by atoms with van der Waals surface area (Å²) < 4.78 is 13.8. The van der Waals surface area contributed by atoms with Crippen LogP contribution in [0, 0.1) is 17.7 Å². The Balaban J connectivity index is 2.71. The van der Waals surface area contributed by atoms with Crippen molar-refractivity contribution in [3.05, 3.63) is 35.1 Å². The summed E-state index contributed by atoms with van der Waals surface area (Å²) in [5.74, 6) is 5.40. The lowest BCUT2D eigenvalue weighted by Gasteiger charge is -2.15. The summed E-state index contributed by atoms with van der Waals surface area (Å²) in [4.78, 5) is 2.09. The number of halogens is 1. The van der Waals surface area contributed by atoms with Gasteiger partial charge in [0.25, 0.3) is 0 Å². The molecule has 0 spiro atoms. The lowest BCUT2D eigenvalue weighted by atomic mass is 10.1. The zero-order valence-corrected chi connectivity index (χ0v) is 11.0. The highest BCUT2D eigenvalue weighted by molar-refractivity contribution is 5.37. The van der Waals surface area contributed by atoms with Gasteiger partial charge in [-0.3, -0.25) is 0 Å². The molecule has 0 unspecified atom stereocenters. The predicted octanol–water partition coefficient (Wildman–Crippen LogP) is 2.40. The molecule has 0 aliphatic carbocycles. The molecule has 0 atom stereocenters. The van der Waals surface area contributed by atoms with Crippen LogP contribution in [0.25, 0.3) is 0 Å². The van der Waals surface area contributed by atoms with E-state index >= 15 is 0 Å². The van der Waals surface area contributed by atoms with Crippen LogP contribution in [0.15, 0.2) is 18.2 Å². The summed E-state index contributed by atoms with van der Waals surface area (Å²) in [5, 5.41) is 8.61. The molecule has 1 N–H and O–H groups in total. The SMILES string of the molecule is CCCN(C)Cc1ccc(C#CCCO)cc1F. The molecule has 0 saturated carbocycles. The maximum atomic E-state index is 13.8. The Bertz CT molecular complexity index is 434. The van der Waals surface area contributed by atoms with E-state index in [4.69, 9.17) is 5.11 Å². The van der Waals surface area contributed by atoms with Gasteiger partial charge in [0.1, 0.15) is 5.82 Å². The van der Waals surface area contributed by atoms with Crippen molar-refractivity contribution in [1.29, 1.82) is 0 Å². The van der Waals surface area contributed by atoms with Crippen molar-refractivity contribution < 1.29 is 9.50 Å². The molecule has 0 radical (unpaired) electrons. The van der Waals surface area contributed by atoms with Crippen LogP contribution in [0.2, 0.25) is 0 Å². The first-order valence-corrected chi connectivity index (χ1v) is 6.24. The standard InChI is InChI=1S/C15H20FNO/c1-3-9-17(2)12-14-8-7-13(11-15(14)16)6-4-5-10-18/h7-8,11,18H,3,5,9-10,12H2,1-2H3. The Kier molecular flexibility index (Phi) is 6.42. The molecule has 0 aliphatic rings. The second kappa shape index (κ2) is 7.86. The van der Waals surface area contributed by atoms with Crippen molar-refractivity contribution in [2.75, 3.05) is 20.2 Å². The molecule has 1 aromatic rings. The molecule has 0 aliphatic heterocycles. The molecule has 0 fully saturated rings. The van der Waals surface area contributed by atoms with Gasteiger partial charge in [0.15, 0.2) is 0 Å². The molecule has 0 amide bonds. The predicted molar refractivity (Wildman–Crippen MR) is 71.6 cm³/mol. The molecular weight excluding hydrogens is 229 g/mol.